The molecule has 126 valence electrons. The number of rotatable bonds is 4. The van der Waals surface area contributed by atoms with E-state index in [9.17, 15) is 13.2 Å². The van der Waals surface area contributed by atoms with Gasteiger partial charge in [0.15, 0.2) is 9.84 Å². The molecule has 3 rings (SSSR count). The Morgan fingerprint density at radius 1 is 1.39 bits per heavy atom. The Labute approximate surface area is 137 Å². The molecular weight excluding hydrogens is 314 g/mol. The molecule has 0 radical (unpaired) electrons. The normalized spacial score (nSPS) is 24.6. The van der Waals surface area contributed by atoms with Crippen molar-refractivity contribution in [1.82, 2.24) is 4.90 Å². The Hall–Kier alpha value is -1.40. The van der Waals surface area contributed by atoms with Crippen LogP contribution in [-0.4, -0.2) is 56.0 Å². The summed E-state index contributed by atoms with van der Waals surface area (Å²) in [5, 5.41) is 0. The average molecular weight is 337 g/mol. The first-order valence-electron chi connectivity index (χ1n) is 8.05. The molecule has 0 unspecified atom stereocenters. The number of nitrogens with zero attached hydrogens (tertiary/aromatic N) is 1. The maximum atomic E-state index is 12.6. The van der Waals surface area contributed by atoms with Gasteiger partial charge in [-0.15, -0.1) is 0 Å². The minimum atomic E-state index is -3.16. The van der Waals surface area contributed by atoms with E-state index in [1.54, 1.807) is 11.0 Å². The van der Waals surface area contributed by atoms with Gasteiger partial charge in [0.05, 0.1) is 12.4 Å². The van der Waals surface area contributed by atoms with Crippen molar-refractivity contribution in [2.45, 2.75) is 25.0 Å². The summed E-state index contributed by atoms with van der Waals surface area (Å²) in [5.74, 6) is 0.114. The first-order chi connectivity index (χ1) is 10.9. The third kappa shape index (κ3) is 2.68. The summed E-state index contributed by atoms with van der Waals surface area (Å²) in [6.07, 6.45) is 0.634. The van der Waals surface area contributed by atoms with Gasteiger partial charge in [-0.2, -0.15) is 0 Å². The molecule has 6 heteroatoms. The summed E-state index contributed by atoms with van der Waals surface area (Å²) in [5.41, 5.74) is 1.64. The van der Waals surface area contributed by atoms with Gasteiger partial charge in [0.25, 0.3) is 5.91 Å². The lowest BCUT2D eigenvalue weighted by Gasteiger charge is -2.49. The molecule has 23 heavy (non-hydrogen) atoms. The second kappa shape index (κ2) is 5.91. The van der Waals surface area contributed by atoms with E-state index in [0.717, 1.165) is 5.56 Å². The Morgan fingerprint density at radius 2 is 2.13 bits per heavy atom. The number of amides is 1. The summed E-state index contributed by atoms with van der Waals surface area (Å²) < 4.78 is 29.7. The molecule has 1 aromatic carbocycles. The average Bonchev–Trinajstić information content (AvgIpc) is 2.73. The first kappa shape index (κ1) is 16.5. The Morgan fingerprint density at radius 3 is 2.78 bits per heavy atom. The fourth-order valence-electron chi connectivity index (χ4n) is 3.67. The monoisotopic (exact) mass is 337 g/mol. The quantitative estimate of drug-likeness (QED) is 0.838. The Balaban J connectivity index is 1.76. The third-order valence-electron chi connectivity index (χ3n) is 5.09. The van der Waals surface area contributed by atoms with E-state index >= 15 is 0 Å². The molecular formula is C17H23NO4S. The van der Waals surface area contributed by atoms with E-state index in [-0.39, 0.29) is 17.6 Å². The summed E-state index contributed by atoms with van der Waals surface area (Å²) in [6.45, 7) is 5.47. The second-order valence-corrected chi connectivity index (χ2v) is 9.01. The van der Waals surface area contributed by atoms with Gasteiger partial charge in [-0.3, -0.25) is 4.79 Å². The molecule has 2 saturated heterocycles. The van der Waals surface area contributed by atoms with Crippen LogP contribution < -0.4 is 0 Å². The maximum absolute atomic E-state index is 12.6. The van der Waals surface area contributed by atoms with Gasteiger partial charge in [-0.1, -0.05) is 17.7 Å². The van der Waals surface area contributed by atoms with E-state index < -0.39 is 14.6 Å². The third-order valence-corrected chi connectivity index (χ3v) is 7.69. The molecule has 1 amide bonds. The predicted molar refractivity (Wildman–Crippen MR) is 88.2 cm³/mol. The molecule has 0 N–H and O–H groups in total. The van der Waals surface area contributed by atoms with E-state index in [1.807, 2.05) is 32.0 Å². The SMILES string of the molecule is CCOC[C@@H]1CCS(=O)(=O)C12CN(C(=O)c1cccc(C)c1)C2. The van der Waals surface area contributed by atoms with Crippen LogP contribution in [0.5, 0.6) is 0 Å². The summed E-state index contributed by atoms with van der Waals surface area (Å²) in [7, 11) is -3.16. The van der Waals surface area contributed by atoms with Crippen LogP contribution in [0.2, 0.25) is 0 Å². The summed E-state index contributed by atoms with van der Waals surface area (Å²) in [6, 6.07) is 7.41. The molecule has 1 spiro atoms. The highest BCUT2D eigenvalue weighted by Gasteiger charge is 2.62. The highest BCUT2D eigenvalue weighted by atomic mass is 32.2. The molecule has 0 saturated carbocycles. The topological polar surface area (TPSA) is 63.7 Å². The van der Waals surface area contributed by atoms with Crippen LogP contribution in [0.25, 0.3) is 0 Å². The number of carbonyl (C=O) groups excluding carboxylic acids is 1. The van der Waals surface area contributed by atoms with Crippen LogP contribution in [-0.2, 0) is 14.6 Å². The molecule has 2 aliphatic heterocycles. The van der Waals surface area contributed by atoms with Gasteiger partial charge in [0, 0.05) is 31.2 Å². The molecule has 0 aromatic heterocycles. The fraction of sp³-hybridized carbons (Fsp3) is 0.588. The molecule has 0 aliphatic carbocycles. The predicted octanol–water partition coefficient (Wildman–Crippen LogP) is 1.66. The highest BCUT2D eigenvalue weighted by Crippen LogP contribution is 2.45. The van der Waals surface area contributed by atoms with E-state index in [1.165, 1.54) is 0 Å². The van der Waals surface area contributed by atoms with Crippen LogP contribution >= 0.6 is 0 Å². The van der Waals surface area contributed by atoms with Crippen molar-refractivity contribution >= 4 is 15.7 Å². The largest absolute Gasteiger partial charge is 0.381 e. The Bertz CT molecular complexity index is 707. The van der Waals surface area contributed by atoms with Crippen LogP contribution in [0, 0.1) is 12.8 Å². The van der Waals surface area contributed by atoms with Crippen LogP contribution in [0.1, 0.15) is 29.3 Å². The van der Waals surface area contributed by atoms with Gasteiger partial charge in [-0.05, 0) is 32.4 Å². The molecule has 0 bridgehead atoms. The number of ether oxygens (including phenoxy) is 1. The van der Waals surface area contributed by atoms with Crippen LogP contribution in [0.3, 0.4) is 0 Å². The lowest BCUT2D eigenvalue weighted by atomic mass is 9.83. The standard InChI is InChI=1S/C17H23NO4S/c1-3-22-10-15-7-8-23(20,21)17(15)11-18(12-17)16(19)14-6-4-5-13(2)9-14/h4-6,9,15H,3,7-8,10-12H2,1-2H3/t15-/m0/s1. The van der Waals surface area contributed by atoms with E-state index in [4.69, 9.17) is 4.74 Å². The van der Waals surface area contributed by atoms with Crippen LogP contribution in [0.4, 0.5) is 0 Å². The number of hydrogen-bond acceptors (Lipinski definition) is 4. The molecule has 2 heterocycles. The van der Waals surface area contributed by atoms with Gasteiger partial charge >= 0.3 is 0 Å². The van der Waals surface area contributed by atoms with Gasteiger partial charge < -0.3 is 9.64 Å². The van der Waals surface area contributed by atoms with Gasteiger partial charge in [-0.25, -0.2) is 8.42 Å². The molecule has 1 atom stereocenters. The zero-order valence-electron chi connectivity index (χ0n) is 13.6. The number of hydrogen-bond donors (Lipinski definition) is 0. The minimum absolute atomic E-state index is 0.00555. The molecule has 2 aliphatic rings. The lowest BCUT2D eigenvalue weighted by Crippen LogP contribution is -2.68. The van der Waals surface area contributed by atoms with E-state index in [0.29, 0.717) is 38.3 Å². The van der Waals surface area contributed by atoms with Crippen molar-refractivity contribution < 1.29 is 17.9 Å². The molecule has 2 fully saturated rings. The zero-order valence-corrected chi connectivity index (χ0v) is 14.4. The molecule has 1 aromatic rings. The van der Waals surface area contributed by atoms with Gasteiger partial charge in [0.1, 0.15) is 4.75 Å². The first-order valence-corrected chi connectivity index (χ1v) is 9.71. The second-order valence-electron chi connectivity index (χ2n) is 6.56. The van der Waals surface area contributed by atoms with Crippen molar-refractivity contribution in [2.24, 2.45) is 5.92 Å². The van der Waals surface area contributed by atoms with Crippen molar-refractivity contribution in [3.8, 4) is 0 Å². The van der Waals surface area contributed by atoms with Crippen LogP contribution in [0.15, 0.2) is 24.3 Å². The number of aryl methyl sites for hydroxylation is 1. The highest BCUT2D eigenvalue weighted by molar-refractivity contribution is 7.93. The fourth-order valence-corrected chi connectivity index (χ4v) is 6.07. The number of benzene rings is 1. The number of likely N-dealkylation sites (tertiary alicyclic amines) is 1. The maximum Gasteiger partial charge on any atom is 0.253 e. The number of carbonyl (C=O) groups is 1. The van der Waals surface area contributed by atoms with Gasteiger partial charge in [0.2, 0.25) is 0 Å². The molecule has 5 nitrogen and oxygen atoms in total. The smallest absolute Gasteiger partial charge is 0.253 e. The van der Waals surface area contributed by atoms with Crippen molar-refractivity contribution in [3.05, 3.63) is 35.4 Å². The van der Waals surface area contributed by atoms with Crippen molar-refractivity contribution in [2.75, 3.05) is 32.1 Å². The Kier molecular flexibility index (Phi) is 4.23. The van der Waals surface area contributed by atoms with Crippen molar-refractivity contribution in [3.63, 3.8) is 0 Å². The summed E-state index contributed by atoms with van der Waals surface area (Å²) >= 11 is 0. The number of sulfone groups is 1. The van der Waals surface area contributed by atoms with Crippen molar-refractivity contribution in [1.29, 1.82) is 0 Å². The van der Waals surface area contributed by atoms with E-state index in [2.05, 4.69) is 0 Å². The lowest BCUT2D eigenvalue weighted by molar-refractivity contribution is 0.0271. The summed E-state index contributed by atoms with van der Waals surface area (Å²) in [4.78, 5) is 14.2. The zero-order chi connectivity index (χ0) is 16.7. The minimum Gasteiger partial charge on any atom is -0.381 e.